The SMILES string of the molecule is Cc1cc(C(Cl)Cc2ccncc2Cl)co1. The zero-order chi connectivity index (χ0) is 11.5. The van der Waals surface area contributed by atoms with Gasteiger partial charge in [-0.15, -0.1) is 11.6 Å². The molecule has 0 spiro atoms. The van der Waals surface area contributed by atoms with Gasteiger partial charge in [0.15, 0.2) is 0 Å². The molecule has 0 bridgehead atoms. The standard InChI is InChI=1S/C12H11Cl2NO/c1-8-4-10(7-16-8)11(13)5-9-2-3-15-6-12(9)14/h2-4,6-7,11H,5H2,1H3. The van der Waals surface area contributed by atoms with E-state index in [4.69, 9.17) is 27.6 Å². The lowest BCUT2D eigenvalue weighted by atomic mass is 10.1. The fourth-order valence-electron chi connectivity index (χ4n) is 1.51. The van der Waals surface area contributed by atoms with Crippen molar-refractivity contribution in [1.82, 2.24) is 4.98 Å². The van der Waals surface area contributed by atoms with Crippen LogP contribution in [0.15, 0.2) is 35.2 Å². The van der Waals surface area contributed by atoms with E-state index >= 15 is 0 Å². The molecule has 0 radical (unpaired) electrons. The molecular weight excluding hydrogens is 245 g/mol. The number of hydrogen-bond donors (Lipinski definition) is 0. The van der Waals surface area contributed by atoms with Gasteiger partial charge in [-0.05, 0) is 31.0 Å². The van der Waals surface area contributed by atoms with E-state index in [9.17, 15) is 0 Å². The Morgan fingerprint density at radius 2 is 2.31 bits per heavy atom. The summed E-state index contributed by atoms with van der Waals surface area (Å²) in [5, 5.41) is 0.519. The highest BCUT2D eigenvalue weighted by Gasteiger charge is 2.13. The molecule has 2 rings (SSSR count). The fraction of sp³-hybridized carbons (Fsp3) is 0.250. The molecule has 0 aliphatic rings. The van der Waals surface area contributed by atoms with Crippen molar-refractivity contribution in [3.8, 4) is 0 Å². The molecule has 16 heavy (non-hydrogen) atoms. The Hall–Kier alpha value is -0.990. The Balaban J connectivity index is 2.13. The van der Waals surface area contributed by atoms with E-state index in [0.29, 0.717) is 11.4 Å². The summed E-state index contributed by atoms with van der Waals surface area (Å²) in [6, 6.07) is 3.82. The van der Waals surface area contributed by atoms with E-state index in [1.165, 1.54) is 0 Å². The molecular formula is C12H11Cl2NO. The summed E-state index contributed by atoms with van der Waals surface area (Å²) in [7, 11) is 0. The second-order valence-corrected chi connectivity index (χ2v) is 4.56. The summed E-state index contributed by atoms with van der Waals surface area (Å²) in [6.07, 6.45) is 5.69. The third-order valence-corrected chi connectivity index (χ3v) is 3.11. The van der Waals surface area contributed by atoms with Crippen molar-refractivity contribution in [3.05, 3.63) is 52.7 Å². The van der Waals surface area contributed by atoms with Gasteiger partial charge in [0.2, 0.25) is 0 Å². The number of pyridine rings is 1. The van der Waals surface area contributed by atoms with Crippen molar-refractivity contribution in [3.63, 3.8) is 0 Å². The number of hydrogen-bond acceptors (Lipinski definition) is 2. The molecule has 2 aromatic rings. The Bertz CT molecular complexity index is 481. The van der Waals surface area contributed by atoms with Crippen LogP contribution in [0.2, 0.25) is 5.02 Å². The van der Waals surface area contributed by atoms with Crippen LogP contribution in [0.4, 0.5) is 0 Å². The summed E-state index contributed by atoms with van der Waals surface area (Å²) in [5.74, 6) is 0.862. The lowest BCUT2D eigenvalue weighted by Gasteiger charge is -2.07. The van der Waals surface area contributed by atoms with Gasteiger partial charge in [-0.2, -0.15) is 0 Å². The van der Waals surface area contributed by atoms with Crippen molar-refractivity contribution in [2.75, 3.05) is 0 Å². The maximum absolute atomic E-state index is 6.29. The van der Waals surface area contributed by atoms with E-state index in [1.807, 2.05) is 19.1 Å². The van der Waals surface area contributed by atoms with Crippen molar-refractivity contribution < 1.29 is 4.42 Å². The molecule has 0 aliphatic heterocycles. The zero-order valence-electron chi connectivity index (χ0n) is 8.78. The second-order valence-electron chi connectivity index (χ2n) is 3.63. The number of aromatic nitrogens is 1. The lowest BCUT2D eigenvalue weighted by Crippen LogP contribution is -1.95. The molecule has 0 saturated carbocycles. The van der Waals surface area contributed by atoms with Crippen LogP contribution in [0.25, 0.3) is 0 Å². The first-order chi connectivity index (χ1) is 7.66. The van der Waals surface area contributed by atoms with Crippen molar-refractivity contribution in [2.45, 2.75) is 18.7 Å². The van der Waals surface area contributed by atoms with E-state index in [0.717, 1.165) is 16.9 Å². The highest BCUT2D eigenvalue weighted by molar-refractivity contribution is 6.31. The second kappa shape index (κ2) is 4.89. The van der Waals surface area contributed by atoms with E-state index in [1.54, 1.807) is 18.7 Å². The largest absolute Gasteiger partial charge is 0.469 e. The van der Waals surface area contributed by atoms with Crippen molar-refractivity contribution in [2.24, 2.45) is 0 Å². The van der Waals surface area contributed by atoms with Gasteiger partial charge in [-0.3, -0.25) is 4.98 Å². The molecule has 0 N–H and O–H groups in total. The number of halogens is 2. The first-order valence-electron chi connectivity index (χ1n) is 4.94. The minimum absolute atomic E-state index is 0.127. The zero-order valence-corrected chi connectivity index (χ0v) is 10.3. The van der Waals surface area contributed by atoms with Crippen LogP contribution < -0.4 is 0 Å². The number of nitrogens with zero attached hydrogens (tertiary/aromatic N) is 1. The monoisotopic (exact) mass is 255 g/mol. The van der Waals surface area contributed by atoms with Crippen LogP contribution in [-0.4, -0.2) is 4.98 Å². The Morgan fingerprint density at radius 3 is 2.94 bits per heavy atom. The van der Waals surface area contributed by atoms with E-state index in [-0.39, 0.29) is 5.38 Å². The van der Waals surface area contributed by atoms with Crippen LogP contribution >= 0.6 is 23.2 Å². The first-order valence-corrected chi connectivity index (χ1v) is 5.76. The number of aryl methyl sites for hydroxylation is 1. The fourth-order valence-corrected chi connectivity index (χ4v) is 1.99. The van der Waals surface area contributed by atoms with E-state index in [2.05, 4.69) is 4.98 Å². The molecule has 0 saturated heterocycles. The predicted octanol–water partition coefficient (Wildman–Crippen LogP) is 4.16. The van der Waals surface area contributed by atoms with Crippen LogP contribution in [0.3, 0.4) is 0 Å². The van der Waals surface area contributed by atoms with E-state index < -0.39 is 0 Å². The Morgan fingerprint density at radius 1 is 1.50 bits per heavy atom. The minimum Gasteiger partial charge on any atom is -0.469 e. The van der Waals surface area contributed by atoms with Gasteiger partial charge in [0.25, 0.3) is 0 Å². The third kappa shape index (κ3) is 2.57. The minimum atomic E-state index is -0.127. The maximum Gasteiger partial charge on any atom is 0.101 e. The van der Waals surface area contributed by atoms with Gasteiger partial charge < -0.3 is 4.42 Å². The molecule has 1 atom stereocenters. The van der Waals surface area contributed by atoms with Gasteiger partial charge in [0.1, 0.15) is 5.76 Å². The molecule has 0 aromatic carbocycles. The summed E-state index contributed by atoms with van der Waals surface area (Å²) < 4.78 is 5.22. The van der Waals surface area contributed by atoms with Gasteiger partial charge in [0, 0.05) is 18.0 Å². The van der Waals surface area contributed by atoms with Gasteiger partial charge in [0.05, 0.1) is 16.7 Å². The highest BCUT2D eigenvalue weighted by atomic mass is 35.5. The number of rotatable bonds is 3. The predicted molar refractivity (Wildman–Crippen MR) is 65.0 cm³/mol. The van der Waals surface area contributed by atoms with Crippen LogP contribution in [-0.2, 0) is 6.42 Å². The van der Waals surface area contributed by atoms with Gasteiger partial charge in [-0.25, -0.2) is 0 Å². The summed E-state index contributed by atoms with van der Waals surface area (Å²) in [4.78, 5) is 3.94. The van der Waals surface area contributed by atoms with Crippen LogP contribution in [0.1, 0.15) is 22.3 Å². The van der Waals surface area contributed by atoms with Crippen LogP contribution in [0.5, 0.6) is 0 Å². The summed E-state index contributed by atoms with van der Waals surface area (Å²) in [5.41, 5.74) is 1.97. The van der Waals surface area contributed by atoms with Gasteiger partial charge in [-0.1, -0.05) is 11.6 Å². The maximum atomic E-state index is 6.29. The Labute approximate surface area is 104 Å². The first kappa shape index (κ1) is 11.5. The molecule has 1 unspecified atom stereocenters. The topological polar surface area (TPSA) is 26.0 Å². The molecule has 4 heteroatoms. The molecule has 84 valence electrons. The summed E-state index contributed by atoms with van der Waals surface area (Å²) in [6.45, 7) is 1.90. The van der Waals surface area contributed by atoms with Crippen molar-refractivity contribution >= 4 is 23.2 Å². The van der Waals surface area contributed by atoms with Crippen LogP contribution in [0, 0.1) is 6.92 Å². The molecule has 0 amide bonds. The number of alkyl halides is 1. The van der Waals surface area contributed by atoms with Crippen molar-refractivity contribution in [1.29, 1.82) is 0 Å². The highest BCUT2D eigenvalue weighted by Crippen LogP contribution is 2.28. The normalized spacial score (nSPS) is 12.7. The quantitative estimate of drug-likeness (QED) is 0.770. The molecule has 0 fully saturated rings. The molecule has 2 aromatic heterocycles. The average Bonchev–Trinajstić information content (AvgIpc) is 2.68. The molecule has 0 aliphatic carbocycles. The average molecular weight is 256 g/mol. The lowest BCUT2D eigenvalue weighted by molar-refractivity contribution is 0.531. The summed E-state index contributed by atoms with van der Waals surface area (Å²) >= 11 is 12.3. The Kier molecular flexibility index (Phi) is 3.52. The number of furan rings is 1. The molecule has 2 heterocycles. The third-order valence-electron chi connectivity index (χ3n) is 2.37. The molecule has 2 nitrogen and oxygen atoms in total. The van der Waals surface area contributed by atoms with Gasteiger partial charge >= 0.3 is 0 Å². The smallest absolute Gasteiger partial charge is 0.101 e.